The zero-order valence-electron chi connectivity index (χ0n) is 4.24. The van der Waals surface area contributed by atoms with Crippen LogP contribution in [-0.4, -0.2) is 21.6 Å². The Labute approximate surface area is 65.6 Å². The average molecular weight is 231 g/mol. The molecule has 1 rings (SSSR count). The SMILES string of the molecule is [Sb][S]c1ccccc1. The first-order valence-corrected chi connectivity index (χ1v) is 6.20. The van der Waals surface area contributed by atoms with Crippen LogP contribution in [0.15, 0.2) is 35.2 Å². The van der Waals surface area contributed by atoms with Crippen LogP contribution in [0.5, 0.6) is 0 Å². The Balaban J connectivity index is 2.83. The summed E-state index contributed by atoms with van der Waals surface area (Å²) in [6.45, 7) is 0. The number of hydrogen-bond donors (Lipinski definition) is 0. The van der Waals surface area contributed by atoms with E-state index < -0.39 is 0 Å². The topological polar surface area (TPSA) is 0 Å². The monoisotopic (exact) mass is 230 g/mol. The molecule has 40 valence electrons. The molecule has 0 nitrogen and oxygen atoms in total. The average Bonchev–Trinajstić information content (AvgIpc) is 1.90. The molecule has 0 heterocycles. The second-order valence-corrected chi connectivity index (χ2v) is 3.62. The molecule has 2 radical (unpaired) electrons. The fourth-order valence-corrected chi connectivity index (χ4v) is 1.80. The van der Waals surface area contributed by atoms with Gasteiger partial charge >= 0.3 is 65.7 Å². The molecule has 0 aromatic heterocycles. The molecular weight excluding hydrogens is 226 g/mol. The summed E-state index contributed by atoms with van der Waals surface area (Å²) < 4.78 is 0. The van der Waals surface area contributed by atoms with E-state index in [1.54, 1.807) is 21.6 Å². The molecule has 0 aliphatic carbocycles. The van der Waals surface area contributed by atoms with Crippen LogP contribution in [0.25, 0.3) is 0 Å². The van der Waals surface area contributed by atoms with E-state index in [2.05, 4.69) is 24.3 Å². The van der Waals surface area contributed by atoms with Crippen molar-refractivity contribution in [3.63, 3.8) is 0 Å². The van der Waals surface area contributed by atoms with Gasteiger partial charge in [-0.3, -0.25) is 0 Å². The van der Waals surface area contributed by atoms with Gasteiger partial charge in [0.1, 0.15) is 0 Å². The Hall–Kier alpha value is 0.388. The van der Waals surface area contributed by atoms with E-state index in [0.717, 1.165) is 0 Å². The van der Waals surface area contributed by atoms with Crippen molar-refractivity contribution in [2.75, 3.05) is 0 Å². The van der Waals surface area contributed by atoms with E-state index in [9.17, 15) is 0 Å². The minimum absolute atomic E-state index is 1.35. The second kappa shape index (κ2) is 3.42. The summed E-state index contributed by atoms with van der Waals surface area (Å²) in [6, 6.07) is 10.4. The molecule has 0 saturated carbocycles. The van der Waals surface area contributed by atoms with Gasteiger partial charge in [-0.15, -0.1) is 0 Å². The first-order valence-electron chi connectivity index (χ1n) is 2.30. The van der Waals surface area contributed by atoms with Crippen molar-refractivity contribution in [2.45, 2.75) is 4.90 Å². The molecule has 1 aromatic carbocycles. The normalized spacial score (nSPS) is 9.12. The molecule has 0 N–H and O–H groups in total. The molecule has 0 aliphatic heterocycles. The molecule has 0 saturated heterocycles. The van der Waals surface area contributed by atoms with Crippen molar-refractivity contribution in [2.24, 2.45) is 0 Å². The van der Waals surface area contributed by atoms with Gasteiger partial charge in [0.2, 0.25) is 0 Å². The zero-order chi connectivity index (χ0) is 5.82. The third-order valence-electron chi connectivity index (χ3n) is 0.849. The van der Waals surface area contributed by atoms with E-state index in [0.29, 0.717) is 0 Å². The molecule has 0 atom stereocenters. The molecule has 8 heavy (non-hydrogen) atoms. The second-order valence-electron chi connectivity index (χ2n) is 1.40. The predicted molar refractivity (Wildman–Crippen MR) is 38.1 cm³/mol. The summed E-state index contributed by atoms with van der Waals surface area (Å²) in [7, 11) is 1.82. The predicted octanol–water partition coefficient (Wildman–Crippen LogP) is 1.86. The third-order valence-corrected chi connectivity index (χ3v) is 3.14. The van der Waals surface area contributed by atoms with Crippen molar-refractivity contribution < 1.29 is 0 Å². The molecule has 0 bridgehead atoms. The summed E-state index contributed by atoms with van der Waals surface area (Å²) >= 11 is 1.76. The number of benzene rings is 1. The minimum atomic E-state index is 1.35. The Morgan fingerprint density at radius 3 is 2.12 bits per heavy atom. The molecule has 2 heteroatoms. The van der Waals surface area contributed by atoms with Crippen LogP contribution >= 0.6 is 8.85 Å². The van der Waals surface area contributed by atoms with Gasteiger partial charge < -0.3 is 0 Å². The van der Waals surface area contributed by atoms with E-state index >= 15 is 0 Å². The molecule has 0 unspecified atom stereocenters. The van der Waals surface area contributed by atoms with Crippen LogP contribution < -0.4 is 0 Å². The summed E-state index contributed by atoms with van der Waals surface area (Å²) in [4.78, 5) is 1.35. The summed E-state index contributed by atoms with van der Waals surface area (Å²) in [6.07, 6.45) is 0. The number of hydrogen-bond acceptors (Lipinski definition) is 1. The fraction of sp³-hybridized carbons (Fsp3) is 0. The van der Waals surface area contributed by atoms with Gasteiger partial charge in [0, 0.05) is 0 Å². The summed E-state index contributed by atoms with van der Waals surface area (Å²) in [5, 5.41) is 0. The zero-order valence-corrected chi connectivity index (χ0v) is 7.61. The van der Waals surface area contributed by atoms with Crippen molar-refractivity contribution >= 4 is 30.5 Å². The van der Waals surface area contributed by atoms with Crippen molar-refractivity contribution in [3.8, 4) is 0 Å². The van der Waals surface area contributed by atoms with Crippen LogP contribution in [0.4, 0.5) is 0 Å². The fourth-order valence-electron chi connectivity index (χ4n) is 0.481. The Morgan fingerprint density at radius 2 is 1.75 bits per heavy atom. The van der Waals surface area contributed by atoms with Crippen molar-refractivity contribution in [1.29, 1.82) is 0 Å². The molecule has 0 spiro atoms. The molecule has 0 fully saturated rings. The van der Waals surface area contributed by atoms with Gasteiger partial charge in [-0.05, 0) is 0 Å². The third kappa shape index (κ3) is 1.72. The quantitative estimate of drug-likeness (QED) is 0.664. The maximum atomic E-state index is 2.11. The first-order chi connectivity index (χ1) is 3.93. The molecule has 0 amide bonds. The summed E-state index contributed by atoms with van der Waals surface area (Å²) in [5.74, 6) is 0. The standard InChI is InChI=1S/C6H6S.Sb/c7-6-4-2-1-3-5-6;/h1-5,7H;/q;+1/p-1. The van der Waals surface area contributed by atoms with Crippen LogP contribution in [0.2, 0.25) is 0 Å². The van der Waals surface area contributed by atoms with Gasteiger partial charge in [-0.25, -0.2) is 0 Å². The Kier molecular flexibility index (Phi) is 2.78. The van der Waals surface area contributed by atoms with Gasteiger partial charge in [0.05, 0.1) is 0 Å². The molecular formula is C6H5SSb. The number of rotatable bonds is 1. The van der Waals surface area contributed by atoms with Crippen LogP contribution in [-0.2, 0) is 0 Å². The Bertz CT molecular complexity index is 150. The van der Waals surface area contributed by atoms with Gasteiger partial charge in [0.15, 0.2) is 0 Å². The first kappa shape index (κ1) is 6.51. The van der Waals surface area contributed by atoms with Crippen LogP contribution in [0, 0.1) is 0 Å². The maximum absolute atomic E-state index is 2.11. The Morgan fingerprint density at radius 1 is 1.12 bits per heavy atom. The van der Waals surface area contributed by atoms with E-state index in [-0.39, 0.29) is 0 Å². The van der Waals surface area contributed by atoms with Gasteiger partial charge in [0.25, 0.3) is 0 Å². The van der Waals surface area contributed by atoms with Gasteiger partial charge in [-0.1, -0.05) is 0 Å². The van der Waals surface area contributed by atoms with E-state index in [4.69, 9.17) is 0 Å². The van der Waals surface area contributed by atoms with Crippen LogP contribution in [0.1, 0.15) is 0 Å². The van der Waals surface area contributed by atoms with E-state index in [1.807, 2.05) is 14.9 Å². The van der Waals surface area contributed by atoms with Crippen molar-refractivity contribution in [3.05, 3.63) is 30.3 Å². The summed E-state index contributed by atoms with van der Waals surface area (Å²) in [5.41, 5.74) is 0. The van der Waals surface area contributed by atoms with Gasteiger partial charge in [-0.2, -0.15) is 0 Å². The van der Waals surface area contributed by atoms with Crippen molar-refractivity contribution in [1.82, 2.24) is 0 Å². The van der Waals surface area contributed by atoms with E-state index in [1.165, 1.54) is 4.90 Å². The molecule has 1 aromatic rings. The molecule has 0 aliphatic rings. The van der Waals surface area contributed by atoms with Crippen LogP contribution in [0.3, 0.4) is 0 Å².